The lowest BCUT2D eigenvalue weighted by Crippen LogP contribution is -2.38. The van der Waals surface area contributed by atoms with Crippen LogP contribution in [0.5, 0.6) is 5.75 Å². The third-order valence-corrected chi connectivity index (χ3v) is 4.26. The van der Waals surface area contributed by atoms with E-state index >= 15 is 0 Å². The van der Waals surface area contributed by atoms with E-state index in [1.54, 1.807) is 0 Å². The summed E-state index contributed by atoms with van der Waals surface area (Å²) in [7, 11) is 0. The second kappa shape index (κ2) is 7.47. The highest BCUT2D eigenvalue weighted by molar-refractivity contribution is 14.1. The summed E-state index contributed by atoms with van der Waals surface area (Å²) in [6, 6.07) is 6.12. The first-order valence-corrected chi connectivity index (χ1v) is 8.39. The summed E-state index contributed by atoms with van der Waals surface area (Å²) in [6.07, 6.45) is 5.92. The lowest BCUT2D eigenvalue weighted by atomic mass is 9.95. The molecule has 0 spiro atoms. The Bertz CT molecular complexity index is 427. The third kappa shape index (κ3) is 5.30. The highest BCUT2D eigenvalue weighted by Gasteiger charge is 2.15. The molecule has 19 heavy (non-hydrogen) atoms. The van der Waals surface area contributed by atoms with Crippen LogP contribution in [0, 0.1) is 3.57 Å². The molecule has 1 aliphatic carbocycles. The predicted molar refractivity (Wildman–Crippen MR) is 87.4 cm³/mol. The fraction of sp³-hybridized carbons (Fsp3) is 0.500. The second-order valence-electron chi connectivity index (χ2n) is 4.80. The Morgan fingerprint density at radius 1 is 1.32 bits per heavy atom. The number of nitrogens with one attached hydrogen (secondary N) is 1. The molecule has 0 bridgehead atoms. The Hall–Kier alpha value is -0.300. The van der Waals surface area contributed by atoms with E-state index < -0.39 is 0 Å². The number of ether oxygens (including phenoxy) is 1. The van der Waals surface area contributed by atoms with E-state index in [9.17, 15) is 4.79 Å². The minimum atomic E-state index is -0.0260. The number of benzene rings is 1. The van der Waals surface area contributed by atoms with Crippen molar-refractivity contribution < 1.29 is 9.53 Å². The monoisotopic (exact) mass is 437 g/mol. The zero-order valence-corrected chi connectivity index (χ0v) is 14.4. The molecule has 1 aliphatic rings. The lowest BCUT2D eigenvalue weighted by molar-refractivity contribution is -0.124. The molecule has 1 amide bonds. The van der Waals surface area contributed by atoms with Crippen LogP contribution in [0.2, 0.25) is 0 Å². The molecule has 2 rings (SSSR count). The molecule has 0 heterocycles. The Labute approximate surface area is 135 Å². The summed E-state index contributed by atoms with van der Waals surface area (Å²) < 4.78 is 7.56. The number of hydrogen-bond acceptors (Lipinski definition) is 2. The van der Waals surface area contributed by atoms with Crippen LogP contribution in [0.4, 0.5) is 0 Å². The predicted octanol–water partition coefficient (Wildman–Crippen LogP) is 3.88. The molecule has 1 aromatic carbocycles. The summed E-state index contributed by atoms with van der Waals surface area (Å²) in [4.78, 5) is 11.8. The van der Waals surface area contributed by atoms with Crippen LogP contribution in [0.25, 0.3) is 0 Å². The smallest absolute Gasteiger partial charge is 0.258 e. The zero-order chi connectivity index (χ0) is 13.7. The molecule has 1 saturated carbocycles. The van der Waals surface area contributed by atoms with Gasteiger partial charge in [0.2, 0.25) is 0 Å². The van der Waals surface area contributed by atoms with Crippen molar-refractivity contribution in [3.8, 4) is 5.75 Å². The average molecular weight is 438 g/mol. The number of carbonyl (C=O) groups is 1. The van der Waals surface area contributed by atoms with Gasteiger partial charge in [-0.15, -0.1) is 0 Å². The quantitative estimate of drug-likeness (QED) is 0.726. The van der Waals surface area contributed by atoms with Gasteiger partial charge in [0.25, 0.3) is 5.91 Å². The standard InChI is InChI=1S/C14H17BrINO2/c15-10-6-11(16)8-13(7-10)19-9-14(18)17-12-4-2-1-3-5-12/h6-8,12H,1-5,9H2,(H,17,18). The lowest BCUT2D eigenvalue weighted by Gasteiger charge is -2.22. The summed E-state index contributed by atoms with van der Waals surface area (Å²) in [5.41, 5.74) is 0. The Balaban J connectivity index is 1.79. The molecule has 0 aliphatic heterocycles. The fourth-order valence-corrected chi connectivity index (χ4v) is 3.82. The van der Waals surface area contributed by atoms with E-state index in [1.165, 1.54) is 19.3 Å². The topological polar surface area (TPSA) is 38.3 Å². The van der Waals surface area contributed by atoms with Crippen LogP contribution in [0.3, 0.4) is 0 Å². The van der Waals surface area contributed by atoms with Crippen molar-refractivity contribution >= 4 is 44.4 Å². The first-order valence-electron chi connectivity index (χ1n) is 6.52. The molecule has 1 N–H and O–H groups in total. The molecule has 5 heteroatoms. The van der Waals surface area contributed by atoms with Gasteiger partial charge in [0.1, 0.15) is 5.75 Å². The molecule has 3 nitrogen and oxygen atoms in total. The SMILES string of the molecule is O=C(COc1cc(Br)cc(I)c1)NC1CCCCC1. The molecule has 0 unspecified atom stereocenters. The number of amides is 1. The summed E-state index contributed by atoms with van der Waals surface area (Å²) in [5.74, 6) is 0.694. The first kappa shape index (κ1) is 15.1. The van der Waals surface area contributed by atoms with Crippen molar-refractivity contribution in [2.24, 2.45) is 0 Å². The van der Waals surface area contributed by atoms with Gasteiger partial charge in [-0.1, -0.05) is 35.2 Å². The van der Waals surface area contributed by atoms with E-state index in [4.69, 9.17) is 4.74 Å². The first-order chi connectivity index (χ1) is 9.13. The Kier molecular flexibility index (Phi) is 5.94. The van der Waals surface area contributed by atoms with Gasteiger partial charge < -0.3 is 10.1 Å². The number of rotatable bonds is 4. The molecule has 104 valence electrons. The van der Waals surface area contributed by atoms with Gasteiger partial charge in [0, 0.05) is 14.1 Å². The van der Waals surface area contributed by atoms with Crippen LogP contribution < -0.4 is 10.1 Å². The van der Waals surface area contributed by atoms with Gasteiger partial charge in [-0.3, -0.25) is 4.79 Å². The van der Waals surface area contributed by atoms with Crippen LogP contribution in [-0.2, 0) is 4.79 Å². The maximum absolute atomic E-state index is 11.8. The van der Waals surface area contributed by atoms with Gasteiger partial charge in [-0.2, -0.15) is 0 Å². The summed E-state index contributed by atoms with van der Waals surface area (Å²) in [6.45, 7) is 0.0863. The molecule has 0 aromatic heterocycles. The maximum Gasteiger partial charge on any atom is 0.258 e. The number of hydrogen-bond donors (Lipinski definition) is 1. The van der Waals surface area contributed by atoms with Crippen molar-refractivity contribution in [1.29, 1.82) is 0 Å². The van der Waals surface area contributed by atoms with Crippen molar-refractivity contribution in [2.75, 3.05) is 6.61 Å². The number of halogens is 2. The van der Waals surface area contributed by atoms with Crippen molar-refractivity contribution in [1.82, 2.24) is 5.32 Å². The highest BCUT2D eigenvalue weighted by Crippen LogP contribution is 2.22. The van der Waals surface area contributed by atoms with E-state index in [-0.39, 0.29) is 12.5 Å². The van der Waals surface area contributed by atoms with Crippen LogP contribution in [-0.4, -0.2) is 18.6 Å². The Morgan fingerprint density at radius 3 is 2.74 bits per heavy atom. The van der Waals surface area contributed by atoms with Gasteiger partial charge in [-0.05, 0) is 53.6 Å². The van der Waals surface area contributed by atoms with E-state index in [0.29, 0.717) is 6.04 Å². The normalized spacial score (nSPS) is 16.1. The van der Waals surface area contributed by atoms with E-state index in [0.717, 1.165) is 26.6 Å². The molecule has 1 fully saturated rings. The van der Waals surface area contributed by atoms with E-state index in [2.05, 4.69) is 43.8 Å². The van der Waals surface area contributed by atoms with Crippen LogP contribution in [0.1, 0.15) is 32.1 Å². The van der Waals surface area contributed by atoms with Crippen LogP contribution in [0.15, 0.2) is 22.7 Å². The molecular weight excluding hydrogens is 421 g/mol. The molecule has 0 saturated heterocycles. The summed E-state index contributed by atoms with van der Waals surface area (Å²) in [5, 5.41) is 3.04. The molecule has 0 atom stereocenters. The van der Waals surface area contributed by atoms with E-state index in [1.807, 2.05) is 18.2 Å². The highest BCUT2D eigenvalue weighted by atomic mass is 127. The zero-order valence-electron chi connectivity index (χ0n) is 10.6. The van der Waals surface area contributed by atoms with Crippen molar-refractivity contribution in [2.45, 2.75) is 38.1 Å². The van der Waals surface area contributed by atoms with Crippen molar-refractivity contribution in [3.63, 3.8) is 0 Å². The van der Waals surface area contributed by atoms with Gasteiger partial charge in [0.05, 0.1) is 0 Å². The number of carbonyl (C=O) groups excluding carboxylic acids is 1. The second-order valence-corrected chi connectivity index (χ2v) is 6.96. The summed E-state index contributed by atoms with van der Waals surface area (Å²) >= 11 is 5.64. The molecular formula is C14H17BrINO2. The minimum absolute atomic E-state index is 0.0260. The minimum Gasteiger partial charge on any atom is -0.484 e. The van der Waals surface area contributed by atoms with Crippen molar-refractivity contribution in [3.05, 3.63) is 26.2 Å². The van der Waals surface area contributed by atoms with Gasteiger partial charge in [-0.25, -0.2) is 0 Å². The molecule has 0 radical (unpaired) electrons. The van der Waals surface area contributed by atoms with Gasteiger partial charge in [0.15, 0.2) is 6.61 Å². The molecule has 1 aromatic rings. The third-order valence-electron chi connectivity index (χ3n) is 3.18. The van der Waals surface area contributed by atoms with Crippen LogP contribution >= 0.6 is 38.5 Å². The average Bonchev–Trinajstić information content (AvgIpc) is 2.36. The Morgan fingerprint density at radius 2 is 2.05 bits per heavy atom. The van der Waals surface area contributed by atoms with Gasteiger partial charge >= 0.3 is 0 Å². The fourth-order valence-electron chi connectivity index (χ4n) is 2.28. The largest absolute Gasteiger partial charge is 0.484 e. The maximum atomic E-state index is 11.8.